The molecule has 0 aromatic heterocycles. The highest BCUT2D eigenvalue weighted by Crippen LogP contribution is 2.27. The molecule has 1 aliphatic rings. The minimum absolute atomic E-state index is 0. The lowest BCUT2D eigenvalue weighted by molar-refractivity contribution is 0.147. The molecule has 1 N–H and O–H groups in total. The summed E-state index contributed by atoms with van der Waals surface area (Å²) < 4.78 is 5.52. The summed E-state index contributed by atoms with van der Waals surface area (Å²) in [6.45, 7) is 6.93. The van der Waals surface area contributed by atoms with Crippen LogP contribution in [0.15, 0.2) is 18.2 Å². The van der Waals surface area contributed by atoms with E-state index in [1.54, 1.807) is 0 Å². The van der Waals surface area contributed by atoms with E-state index in [4.69, 9.17) is 9.84 Å². The number of fused-ring (bicyclic) bond motifs is 1. The smallest absolute Gasteiger partial charge is 0.122 e. The van der Waals surface area contributed by atoms with E-state index in [9.17, 15) is 0 Å². The summed E-state index contributed by atoms with van der Waals surface area (Å²) >= 11 is 0. The largest absolute Gasteiger partial charge is 0.493 e. The molecular weight excluding hydrogens is 200 g/mol. The molecule has 1 aromatic carbocycles. The SMILES string of the molecule is C.CC.Cc1ccc2c(c1)CC(CO)CO2. The Morgan fingerprint density at radius 1 is 1.38 bits per heavy atom. The summed E-state index contributed by atoms with van der Waals surface area (Å²) in [5.41, 5.74) is 2.48. The van der Waals surface area contributed by atoms with E-state index in [-0.39, 0.29) is 20.0 Å². The van der Waals surface area contributed by atoms with Crippen LogP contribution in [0, 0.1) is 12.8 Å². The number of aliphatic hydroxyl groups excluding tert-OH is 1. The Morgan fingerprint density at radius 2 is 2.06 bits per heavy atom. The van der Waals surface area contributed by atoms with Gasteiger partial charge in [0.05, 0.1) is 6.61 Å². The molecule has 92 valence electrons. The lowest BCUT2D eigenvalue weighted by Gasteiger charge is -2.23. The minimum atomic E-state index is 0. The van der Waals surface area contributed by atoms with Crippen LogP contribution in [0.1, 0.15) is 32.4 Å². The van der Waals surface area contributed by atoms with Crippen molar-refractivity contribution >= 4 is 0 Å². The first-order valence-corrected chi connectivity index (χ1v) is 5.63. The van der Waals surface area contributed by atoms with Crippen molar-refractivity contribution in [3.05, 3.63) is 29.3 Å². The third kappa shape index (κ3) is 3.53. The molecule has 0 amide bonds. The molecule has 2 heteroatoms. The van der Waals surface area contributed by atoms with E-state index in [0.717, 1.165) is 12.2 Å². The van der Waals surface area contributed by atoms with Gasteiger partial charge in [-0.25, -0.2) is 0 Å². The van der Waals surface area contributed by atoms with Crippen LogP contribution < -0.4 is 4.74 Å². The maximum atomic E-state index is 9.01. The summed E-state index contributed by atoms with van der Waals surface area (Å²) in [5.74, 6) is 1.25. The maximum Gasteiger partial charge on any atom is 0.122 e. The number of ether oxygens (including phenoxy) is 1. The molecule has 1 aromatic rings. The van der Waals surface area contributed by atoms with Gasteiger partial charge in [0, 0.05) is 12.5 Å². The van der Waals surface area contributed by atoms with Crippen molar-refractivity contribution in [3.63, 3.8) is 0 Å². The average Bonchev–Trinajstić information content (AvgIpc) is 2.30. The van der Waals surface area contributed by atoms with E-state index in [2.05, 4.69) is 19.1 Å². The molecule has 16 heavy (non-hydrogen) atoms. The van der Waals surface area contributed by atoms with Gasteiger partial charge in [0.15, 0.2) is 0 Å². The summed E-state index contributed by atoms with van der Waals surface area (Å²) in [7, 11) is 0. The van der Waals surface area contributed by atoms with Crippen molar-refractivity contribution in [2.24, 2.45) is 5.92 Å². The number of hydrogen-bond acceptors (Lipinski definition) is 2. The predicted molar refractivity (Wildman–Crippen MR) is 69.0 cm³/mol. The van der Waals surface area contributed by atoms with Crippen molar-refractivity contribution in [1.82, 2.24) is 0 Å². The monoisotopic (exact) mass is 224 g/mol. The standard InChI is InChI=1S/C11H14O2.C2H6.CH4/c1-8-2-3-11-10(4-8)5-9(6-12)7-13-11;1-2;/h2-4,9,12H,5-7H2,1H3;1-2H3;1H4. The van der Waals surface area contributed by atoms with E-state index < -0.39 is 0 Å². The molecule has 0 saturated heterocycles. The number of aliphatic hydroxyl groups is 1. The molecule has 2 rings (SSSR count). The predicted octanol–water partition coefficient (Wildman–Crippen LogP) is 3.20. The first kappa shape index (κ1) is 15.0. The van der Waals surface area contributed by atoms with Crippen LogP contribution in [0.5, 0.6) is 5.75 Å². The van der Waals surface area contributed by atoms with E-state index in [0.29, 0.717) is 6.61 Å². The Kier molecular flexibility index (Phi) is 6.82. The van der Waals surface area contributed by atoms with Crippen LogP contribution in [0.3, 0.4) is 0 Å². The van der Waals surface area contributed by atoms with Gasteiger partial charge in [-0.15, -0.1) is 0 Å². The topological polar surface area (TPSA) is 29.5 Å². The fourth-order valence-corrected chi connectivity index (χ4v) is 1.70. The molecule has 0 radical (unpaired) electrons. The van der Waals surface area contributed by atoms with E-state index in [1.807, 2.05) is 19.9 Å². The zero-order valence-electron chi connectivity index (χ0n) is 9.79. The summed E-state index contributed by atoms with van der Waals surface area (Å²) in [6.07, 6.45) is 0.938. The number of aryl methyl sites for hydroxylation is 1. The Balaban J connectivity index is 0.000000711. The molecule has 1 atom stereocenters. The van der Waals surface area contributed by atoms with Gasteiger partial charge >= 0.3 is 0 Å². The quantitative estimate of drug-likeness (QED) is 0.793. The summed E-state index contributed by atoms with van der Waals surface area (Å²) in [4.78, 5) is 0. The Hall–Kier alpha value is -1.02. The molecule has 0 spiro atoms. The molecule has 2 nitrogen and oxygen atoms in total. The lowest BCUT2D eigenvalue weighted by Crippen LogP contribution is -2.23. The number of hydrogen-bond donors (Lipinski definition) is 1. The van der Waals surface area contributed by atoms with Crippen molar-refractivity contribution in [3.8, 4) is 5.75 Å². The van der Waals surface area contributed by atoms with Gasteiger partial charge in [-0.1, -0.05) is 39.0 Å². The normalized spacial score (nSPS) is 17.1. The molecule has 0 bridgehead atoms. The van der Waals surface area contributed by atoms with Gasteiger partial charge < -0.3 is 9.84 Å². The maximum absolute atomic E-state index is 9.01. The lowest BCUT2D eigenvalue weighted by atomic mass is 9.96. The van der Waals surface area contributed by atoms with Crippen LogP contribution in [-0.4, -0.2) is 18.3 Å². The zero-order valence-corrected chi connectivity index (χ0v) is 9.79. The summed E-state index contributed by atoms with van der Waals surface area (Å²) in [6, 6.07) is 6.20. The van der Waals surface area contributed by atoms with Crippen molar-refractivity contribution in [2.45, 2.75) is 34.6 Å². The van der Waals surface area contributed by atoms with Crippen LogP contribution in [0.2, 0.25) is 0 Å². The first-order chi connectivity index (χ1) is 7.29. The van der Waals surface area contributed by atoms with Crippen LogP contribution >= 0.6 is 0 Å². The third-order valence-corrected chi connectivity index (χ3v) is 2.46. The van der Waals surface area contributed by atoms with Crippen molar-refractivity contribution < 1.29 is 9.84 Å². The second-order valence-electron chi connectivity index (χ2n) is 3.67. The molecule has 0 aliphatic carbocycles. The van der Waals surface area contributed by atoms with E-state index >= 15 is 0 Å². The average molecular weight is 224 g/mol. The molecular formula is C14H24O2. The highest BCUT2D eigenvalue weighted by Gasteiger charge is 2.18. The molecule has 0 saturated carbocycles. The van der Waals surface area contributed by atoms with Crippen molar-refractivity contribution in [2.75, 3.05) is 13.2 Å². The Morgan fingerprint density at radius 3 is 2.69 bits per heavy atom. The summed E-state index contributed by atoms with van der Waals surface area (Å²) in [5, 5.41) is 9.01. The fraction of sp³-hybridized carbons (Fsp3) is 0.571. The molecule has 0 fully saturated rings. The van der Waals surface area contributed by atoms with Gasteiger partial charge in [0.25, 0.3) is 0 Å². The third-order valence-electron chi connectivity index (χ3n) is 2.46. The molecule has 1 aliphatic heterocycles. The van der Waals surface area contributed by atoms with Gasteiger partial charge in [-0.05, 0) is 25.0 Å². The van der Waals surface area contributed by atoms with Crippen LogP contribution in [0.25, 0.3) is 0 Å². The van der Waals surface area contributed by atoms with Gasteiger partial charge in [-0.2, -0.15) is 0 Å². The first-order valence-electron chi connectivity index (χ1n) is 5.63. The second kappa shape index (κ2) is 7.29. The number of rotatable bonds is 1. The second-order valence-corrected chi connectivity index (χ2v) is 3.67. The minimum Gasteiger partial charge on any atom is -0.493 e. The van der Waals surface area contributed by atoms with E-state index in [1.165, 1.54) is 11.1 Å². The van der Waals surface area contributed by atoms with Crippen LogP contribution in [0.4, 0.5) is 0 Å². The van der Waals surface area contributed by atoms with Gasteiger partial charge in [0.2, 0.25) is 0 Å². The fourth-order valence-electron chi connectivity index (χ4n) is 1.70. The zero-order chi connectivity index (χ0) is 11.3. The Labute approximate surface area is 99.3 Å². The molecule has 1 unspecified atom stereocenters. The highest BCUT2D eigenvalue weighted by molar-refractivity contribution is 5.38. The van der Waals surface area contributed by atoms with Gasteiger partial charge in [-0.3, -0.25) is 0 Å². The van der Waals surface area contributed by atoms with Gasteiger partial charge in [0.1, 0.15) is 5.75 Å². The van der Waals surface area contributed by atoms with Crippen molar-refractivity contribution in [1.29, 1.82) is 0 Å². The Bertz CT molecular complexity index is 308. The number of benzene rings is 1. The molecule has 1 heterocycles. The highest BCUT2D eigenvalue weighted by atomic mass is 16.5. The van der Waals surface area contributed by atoms with Crippen LogP contribution in [-0.2, 0) is 6.42 Å².